The summed E-state index contributed by atoms with van der Waals surface area (Å²) < 4.78 is 0. The molecule has 0 heterocycles. The van der Waals surface area contributed by atoms with Gasteiger partial charge in [-0.15, -0.1) is 0 Å². The van der Waals surface area contributed by atoms with Crippen LogP contribution in [0.15, 0.2) is 0 Å². The molecule has 0 bridgehead atoms. The Balaban J connectivity index is 0. The van der Waals surface area contributed by atoms with Crippen LogP contribution in [0.2, 0.25) is 0 Å². The van der Waals surface area contributed by atoms with E-state index in [-0.39, 0.29) is 4.70 Å². The van der Waals surface area contributed by atoms with Crippen LogP contribution in [0, 0.1) is 0 Å². The van der Waals surface area contributed by atoms with E-state index < -0.39 is 7.26 Å². The molecule has 52 valence electrons. The monoisotopic (exact) mass is 140 g/mol. The smallest absolute Gasteiger partial charge is 0.0817 e. The summed E-state index contributed by atoms with van der Waals surface area (Å²) in [5.74, 6) is 0. The van der Waals surface area contributed by atoms with Crippen molar-refractivity contribution in [3.8, 4) is 0 Å². The van der Waals surface area contributed by atoms with Gasteiger partial charge in [0.25, 0.3) is 0 Å². The minimum Gasteiger partial charge on any atom is -1.00 e. The highest BCUT2D eigenvalue weighted by molar-refractivity contribution is 7.73. The SMILES string of the molecule is C[P+](C)(C)CCO.[F-]. The fourth-order valence-electron chi connectivity index (χ4n) is 0.300. The molecule has 1 N–H and O–H groups in total. The highest BCUT2D eigenvalue weighted by Gasteiger charge is 2.14. The van der Waals surface area contributed by atoms with Crippen LogP contribution in [0.3, 0.4) is 0 Å². The molecular weight excluding hydrogens is 126 g/mol. The van der Waals surface area contributed by atoms with Crippen LogP contribution in [-0.2, 0) is 0 Å². The average Bonchev–Trinajstić information content (AvgIpc) is 1.30. The van der Waals surface area contributed by atoms with Crippen molar-refractivity contribution in [1.82, 2.24) is 0 Å². The Hall–Kier alpha value is 0.320. The summed E-state index contributed by atoms with van der Waals surface area (Å²) in [6.45, 7) is 7.03. The molecule has 1 nitrogen and oxygen atoms in total. The summed E-state index contributed by atoms with van der Waals surface area (Å²) in [5.41, 5.74) is 0. The topological polar surface area (TPSA) is 20.2 Å². The molecular formula is C5H14FOP. The molecule has 0 unspecified atom stereocenters. The number of aliphatic hydroxyl groups is 1. The summed E-state index contributed by atoms with van der Waals surface area (Å²) >= 11 is 0. The summed E-state index contributed by atoms with van der Waals surface area (Å²) in [5, 5.41) is 8.43. The second-order valence-corrected chi connectivity index (χ2v) is 7.77. The van der Waals surface area contributed by atoms with Gasteiger partial charge in [-0.2, -0.15) is 0 Å². The van der Waals surface area contributed by atoms with E-state index in [0.717, 1.165) is 6.16 Å². The third-order valence-corrected chi connectivity index (χ3v) is 2.31. The van der Waals surface area contributed by atoms with Gasteiger partial charge in [0.1, 0.15) is 0 Å². The fourth-order valence-corrected chi connectivity index (χ4v) is 0.900. The third-order valence-electron chi connectivity index (χ3n) is 0.771. The van der Waals surface area contributed by atoms with Crippen LogP contribution in [0.4, 0.5) is 0 Å². The second kappa shape index (κ2) is 4.22. The molecule has 0 rings (SSSR count). The van der Waals surface area contributed by atoms with Crippen LogP contribution in [0.1, 0.15) is 0 Å². The van der Waals surface area contributed by atoms with Gasteiger partial charge in [-0.05, 0) is 0 Å². The maximum Gasteiger partial charge on any atom is 0.0817 e. The zero-order valence-corrected chi connectivity index (χ0v) is 6.58. The van der Waals surface area contributed by atoms with E-state index in [0.29, 0.717) is 6.61 Å². The first-order valence-electron chi connectivity index (χ1n) is 2.47. The first-order chi connectivity index (χ1) is 3.06. The van der Waals surface area contributed by atoms with Crippen molar-refractivity contribution in [3.63, 3.8) is 0 Å². The van der Waals surface area contributed by atoms with E-state index >= 15 is 0 Å². The van der Waals surface area contributed by atoms with Gasteiger partial charge in [-0.25, -0.2) is 0 Å². The first-order valence-corrected chi connectivity index (χ1v) is 5.79. The molecule has 0 fully saturated rings. The molecule has 0 saturated carbocycles. The van der Waals surface area contributed by atoms with Crippen molar-refractivity contribution in [2.24, 2.45) is 0 Å². The van der Waals surface area contributed by atoms with Crippen molar-refractivity contribution in [1.29, 1.82) is 0 Å². The van der Waals surface area contributed by atoms with Crippen molar-refractivity contribution in [3.05, 3.63) is 0 Å². The van der Waals surface area contributed by atoms with Gasteiger partial charge in [0.2, 0.25) is 0 Å². The van der Waals surface area contributed by atoms with Crippen LogP contribution < -0.4 is 4.70 Å². The van der Waals surface area contributed by atoms with Crippen molar-refractivity contribution < 1.29 is 9.81 Å². The Morgan fingerprint density at radius 2 is 1.62 bits per heavy atom. The van der Waals surface area contributed by atoms with Gasteiger partial charge in [0.05, 0.1) is 12.8 Å². The maximum absolute atomic E-state index is 8.43. The zero-order chi connectivity index (χ0) is 5.91. The lowest BCUT2D eigenvalue weighted by molar-refractivity contribution is -0.00000302. The largest absolute Gasteiger partial charge is 1.00 e. The van der Waals surface area contributed by atoms with Gasteiger partial charge in [0, 0.05) is 27.3 Å². The minimum atomic E-state index is -0.666. The molecule has 0 aromatic heterocycles. The summed E-state index contributed by atoms with van der Waals surface area (Å²) in [7, 11) is -0.666. The molecule has 0 aromatic rings. The van der Waals surface area contributed by atoms with E-state index in [1.165, 1.54) is 0 Å². The Kier molecular flexibility index (Phi) is 5.89. The second-order valence-electron chi connectivity index (χ2n) is 2.74. The number of rotatable bonds is 2. The third kappa shape index (κ3) is 9.58. The molecule has 0 atom stereocenters. The molecule has 8 heavy (non-hydrogen) atoms. The predicted octanol–water partition coefficient (Wildman–Crippen LogP) is -2.11. The molecule has 0 radical (unpaired) electrons. The number of halogens is 1. The van der Waals surface area contributed by atoms with Gasteiger partial charge in [-0.3, -0.25) is 0 Å². The number of hydrogen-bond acceptors (Lipinski definition) is 1. The van der Waals surface area contributed by atoms with Crippen molar-refractivity contribution >= 4 is 7.26 Å². The van der Waals surface area contributed by atoms with Gasteiger partial charge < -0.3 is 9.81 Å². The molecule has 0 aliphatic carbocycles. The molecule has 0 aromatic carbocycles. The molecule has 0 aliphatic heterocycles. The Morgan fingerprint density at radius 3 is 1.62 bits per heavy atom. The summed E-state index contributed by atoms with van der Waals surface area (Å²) in [6, 6.07) is 0. The molecule has 0 amide bonds. The van der Waals surface area contributed by atoms with Crippen LogP contribution >= 0.6 is 7.26 Å². The zero-order valence-electron chi connectivity index (χ0n) is 5.69. The lowest BCUT2D eigenvalue weighted by Gasteiger charge is -2.07. The van der Waals surface area contributed by atoms with Crippen molar-refractivity contribution in [2.75, 3.05) is 32.8 Å². The van der Waals surface area contributed by atoms with Gasteiger partial charge in [0.15, 0.2) is 0 Å². The molecule has 0 aliphatic rings. The van der Waals surface area contributed by atoms with Gasteiger partial charge in [-0.1, -0.05) is 0 Å². The van der Waals surface area contributed by atoms with Crippen LogP contribution in [-0.4, -0.2) is 37.9 Å². The molecule has 3 heteroatoms. The average molecular weight is 140 g/mol. The normalized spacial score (nSPS) is 10.5. The standard InChI is InChI=1S/C5H14OP.FH/c1-7(2,3)5-4-6;/h6H,4-5H2,1-3H3;1H/q+1;/p-1. The van der Waals surface area contributed by atoms with E-state index in [4.69, 9.17) is 5.11 Å². The Labute approximate surface area is 50.8 Å². The summed E-state index contributed by atoms with van der Waals surface area (Å²) in [6.07, 6.45) is 1.01. The van der Waals surface area contributed by atoms with Crippen molar-refractivity contribution in [2.45, 2.75) is 0 Å². The maximum atomic E-state index is 8.43. The van der Waals surface area contributed by atoms with E-state index in [9.17, 15) is 0 Å². The molecule has 0 spiro atoms. The lowest BCUT2D eigenvalue weighted by Crippen LogP contribution is -3.00. The van der Waals surface area contributed by atoms with Crippen LogP contribution in [0.5, 0.6) is 0 Å². The Morgan fingerprint density at radius 1 is 1.25 bits per heavy atom. The highest BCUT2D eigenvalue weighted by Crippen LogP contribution is 2.45. The molecule has 0 saturated heterocycles. The number of hydrogen-bond donors (Lipinski definition) is 1. The van der Waals surface area contributed by atoms with E-state index in [2.05, 4.69) is 20.0 Å². The fraction of sp³-hybridized carbons (Fsp3) is 1.00. The van der Waals surface area contributed by atoms with E-state index in [1.54, 1.807) is 0 Å². The quantitative estimate of drug-likeness (QED) is 0.435. The van der Waals surface area contributed by atoms with Crippen LogP contribution in [0.25, 0.3) is 0 Å². The van der Waals surface area contributed by atoms with Gasteiger partial charge >= 0.3 is 0 Å². The lowest BCUT2D eigenvalue weighted by atomic mass is 10.9. The minimum absolute atomic E-state index is 0. The predicted molar refractivity (Wildman–Crippen MR) is 36.6 cm³/mol. The number of aliphatic hydroxyl groups excluding tert-OH is 1. The highest BCUT2D eigenvalue weighted by atomic mass is 31.2. The Bertz CT molecular complexity index is 50.9. The van der Waals surface area contributed by atoms with E-state index in [1.807, 2.05) is 0 Å². The summed E-state index contributed by atoms with van der Waals surface area (Å²) in [4.78, 5) is 0. The first kappa shape index (κ1) is 11.2.